The molecule has 4 rings (SSSR count). The maximum atomic E-state index is 13.3. The number of hydrogen-bond donors (Lipinski definition) is 1. The number of ether oxygens (including phenoxy) is 2. The second-order valence-electron chi connectivity index (χ2n) is 9.12. The van der Waals surface area contributed by atoms with E-state index >= 15 is 0 Å². The Morgan fingerprint density at radius 2 is 2.00 bits per heavy atom. The van der Waals surface area contributed by atoms with Crippen molar-refractivity contribution in [3.05, 3.63) is 47.8 Å². The van der Waals surface area contributed by atoms with Crippen LogP contribution in [0.25, 0.3) is 16.6 Å². The summed E-state index contributed by atoms with van der Waals surface area (Å²) in [5, 5.41) is 6.85. The monoisotopic (exact) mass is 525 g/mol. The average molecular weight is 526 g/mol. The third-order valence-electron chi connectivity index (χ3n) is 5.95. The number of carbonyl (C=O) groups excluding carboxylic acids is 1. The Bertz CT molecular complexity index is 1310. The maximum Gasteiger partial charge on any atom is 0.387 e. The zero-order valence-corrected chi connectivity index (χ0v) is 20.9. The molecule has 3 aromatic rings. The summed E-state index contributed by atoms with van der Waals surface area (Å²) in [6, 6.07) is 5.86. The lowest BCUT2D eigenvalue weighted by molar-refractivity contribution is -0.0502. The number of nitrogens with one attached hydrogen (secondary N) is 1. The Kier molecular flexibility index (Phi) is 7.28. The van der Waals surface area contributed by atoms with Gasteiger partial charge in [-0.3, -0.25) is 8.98 Å². The summed E-state index contributed by atoms with van der Waals surface area (Å²) >= 11 is -1.40. The van der Waals surface area contributed by atoms with Gasteiger partial charge in [0.2, 0.25) is 0 Å². The molecule has 36 heavy (non-hydrogen) atoms. The Balaban J connectivity index is 1.73. The second-order valence-corrected chi connectivity index (χ2v) is 10.2. The van der Waals surface area contributed by atoms with Crippen molar-refractivity contribution in [2.45, 2.75) is 44.5 Å². The van der Waals surface area contributed by atoms with E-state index in [4.69, 9.17) is 8.92 Å². The van der Waals surface area contributed by atoms with E-state index in [2.05, 4.69) is 15.2 Å². The van der Waals surface area contributed by atoms with E-state index in [0.717, 1.165) is 5.56 Å². The van der Waals surface area contributed by atoms with E-state index in [9.17, 15) is 22.2 Å². The molecule has 1 aliphatic carbocycles. The maximum absolute atomic E-state index is 13.3. The number of nitrogens with zero attached hydrogens (tertiary/aromatic N) is 2. The van der Waals surface area contributed by atoms with E-state index in [1.807, 2.05) is 26.0 Å². The van der Waals surface area contributed by atoms with Crippen molar-refractivity contribution in [1.82, 2.24) is 14.9 Å². The van der Waals surface area contributed by atoms with E-state index < -0.39 is 47.0 Å². The normalized spacial score (nSPS) is 18.3. The van der Waals surface area contributed by atoms with Crippen molar-refractivity contribution in [2.24, 2.45) is 0 Å². The van der Waals surface area contributed by atoms with Gasteiger partial charge in [-0.05, 0) is 29.3 Å². The van der Waals surface area contributed by atoms with Crippen LogP contribution in [0.4, 0.5) is 13.2 Å². The number of hydrogen-bond acceptors (Lipinski definition) is 6. The van der Waals surface area contributed by atoms with Gasteiger partial charge in [0.1, 0.15) is 23.2 Å². The first kappa shape index (κ1) is 26.0. The number of pyridine rings is 1. The minimum Gasteiger partial charge on any atom is -0.496 e. The van der Waals surface area contributed by atoms with E-state index in [1.165, 1.54) is 25.5 Å². The minimum absolute atomic E-state index is 0.00136. The first-order chi connectivity index (χ1) is 17.0. The predicted octanol–water partition coefficient (Wildman–Crippen LogP) is 4.04. The Morgan fingerprint density at radius 1 is 1.31 bits per heavy atom. The molecule has 8 nitrogen and oxygen atoms in total. The predicted molar refractivity (Wildman–Crippen MR) is 128 cm³/mol. The summed E-state index contributed by atoms with van der Waals surface area (Å²) in [7, 11) is 1.30. The van der Waals surface area contributed by atoms with Crippen molar-refractivity contribution < 1.29 is 35.8 Å². The van der Waals surface area contributed by atoms with Crippen molar-refractivity contribution >= 4 is 22.5 Å². The lowest BCUT2D eigenvalue weighted by Crippen LogP contribution is -2.28. The van der Waals surface area contributed by atoms with Crippen molar-refractivity contribution in [2.75, 3.05) is 20.0 Å². The summed E-state index contributed by atoms with van der Waals surface area (Å²) in [6.45, 7) is 0.927. The highest BCUT2D eigenvalue weighted by Gasteiger charge is 2.40. The topological polar surface area (TPSA) is 91.2 Å². The summed E-state index contributed by atoms with van der Waals surface area (Å²) < 4.78 is 68.0. The van der Waals surface area contributed by atoms with Crippen LogP contribution in [0.2, 0.25) is 0 Å². The number of rotatable bonds is 10. The molecular formula is C24H26F3N3O5S. The first-order valence-electron chi connectivity index (χ1n) is 11.1. The fraction of sp³-hybridized carbons (Fsp3) is 0.417. The van der Waals surface area contributed by atoms with Crippen molar-refractivity contribution in [1.29, 1.82) is 0 Å². The van der Waals surface area contributed by atoms with Crippen LogP contribution in [-0.2, 0) is 20.7 Å². The molecule has 2 aromatic heterocycles. The molecule has 1 saturated carbocycles. The van der Waals surface area contributed by atoms with Crippen LogP contribution in [-0.4, -0.2) is 58.5 Å². The van der Waals surface area contributed by atoms with Gasteiger partial charge in [0.15, 0.2) is 11.1 Å². The van der Waals surface area contributed by atoms with Gasteiger partial charge < -0.3 is 14.8 Å². The number of amides is 1. The second kappa shape index (κ2) is 10.1. The molecule has 3 atom stereocenters. The third-order valence-corrected chi connectivity index (χ3v) is 6.40. The number of methoxy groups -OCH3 is 1. The molecule has 0 bridgehead atoms. The minimum atomic E-state index is -3.19. The SMILES string of the molecule is COc1cc(-c2cnn3cc(C(C)(C)COS(C)=O)ccc23)cc(OC(F)F)c1C(=O)NC1CC1F. The number of carbonyl (C=O) groups is 1. The molecular weight excluding hydrogens is 499 g/mol. The van der Waals surface area contributed by atoms with E-state index in [1.54, 1.807) is 16.9 Å². The molecule has 1 N–H and O–H groups in total. The van der Waals surface area contributed by atoms with Gasteiger partial charge in [0.25, 0.3) is 5.91 Å². The average Bonchev–Trinajstić information content (AvgIpc) is 3.33. The fourth-order valence-corrected chi connectivity index (χ4v) is 4.25. The quantitative estimate of drug-likeness (QED) is 0.430. The molecule has 1 fully saturated rings. The van der Waals surface area contributed by atoms with Gasteiger partial charge in [-0.15, -0.1) is 0 Å². The number of aromatic nitrogens is 2. The molecule has 1 amide bonds. The molecule has 0 spiro atoms. The molecule has 194 valence electrons. The molecule has 0 aliphatic heterocycles. The number of halogens is 3. The molecule has 0 saturated heterocycles. The first-order valence-corrected chi connectivity index (χ1v) is 12.5. The molecule has 3 unspecified atom stereocenters. The molecule has 12 heteroatoms. The number of alkyl halides is 3. The number of benzene rings is 1. The highest BCUT2D eigenvalue weighted by Crippen LogP contribution is 2.38. The molecule has 2 heterocycles. The van der Waals surface area contributed by atoms with E-state index in [0.29, 0.717) is 16.6 Å². The lowest BCUT2D eigenvalue weighted by Gasteiger charge is -2.24. The van der Waals surface area contributed by atoms with Gasteiger partial charge in [-0.2, -0.15) is 13.9 Å². The summed E-state index contributed by atoms with van der Waals surface area (Å²) in [6.07, 6.45) is 3.82. The summed E-state index contributed by atoms with van der Waals surface area (Å²) in [4.78, 5) is 12.7. The Labute approximate surface area is 208 Å². The van der Waals surface area contributed by atoms with Gasteiger partial charge in [0.05, 0.1) is 31.5 Å². The van der Waals surface area contributed by atoms with Gasteiger partial charge in [-0.1, -0.05) is 19.9 Å². The van der Waals surface area contributed by atoms with Gasteiger partial charge in [-0.25, -0.2) is 13.1 Å². The highest BCUT2D eigenvalue weighted by atomic mass is 32.2. The van der Waals surface area contributed by atoms with Crippen molar-refractivity contribution in [3.8, 4) is 22.6 Å². The zero-order chi connectivity index (χ0) is 26.2. The van der Waals surface area contributed by atoms with Crippen LogP contribution in [0.1, 0.15) is 36.2 Å². The largest absolute Gasteiger partial charge is 0.496 e. The van der Waals surface area contributed by atoms with Crippen LogP contribution in [0.15, 0.2) is 36.7 Å². The fourth-order valence-electron chi connectivity index (χ4n) is 3.79. The molecule has 0 radical (unpaired) electrons. The Hall–Kier alpha value is -3.12. The van der Waals surface area contributed by atoms with Gasteiger partial charge >= 0.3 is 6.61 Å². The zero-order valence-electron chi connectivity index (χ0n) is 20.1. The van der Waals surface area contributed by atoms with Crippen molar-refractivity contribution in [3.63, 3.8) is 0 Å². The van der Waals surface area contributed by atoms with Gasteiger partial charge in [0, 0.05) is 29.9 Å². The van der Waals surface area contributed by atoms with Crippen LogP contribution in [0, 0.1) is 0 Å². The molecule has 1 aliphatic rings. The molecule has 1 aromatic carbocycles. The van der Waals surface area contributed by atoms with E-state index in [-0.39, 0.29) is 24.3 Å². The summed E-state index contributed by atoms with van der Waals surface area (Å²) in [5.41, 5.74) is 1.86. The number of fused-ring (bicyclic) bond motifs is 1. The smallest absolute Gasteiger partial charge is 0.387 e. The van der Waals surface area contributed by atoms with Crippen LogP contribution in [0.5, 0.6) is 11.5 Å². The van der Waals surface area contributed by atoms with Crippen LogP contribution < -0.4 is 14.8 Å². The van der Waals surface area contributed by atoms with Crippen LogP contribution in [0.3, 0.4) is 0 Å². The highest BCUT2D eigenvalue weighted by molar-refractivity contribution is 7.79. The summed E-state index contributed by atoms with van der Waals surface area (Å²) in [5.74, 6) is -1.16. The Morgan fingerprint density at radius 3 is 2.61 bits per heavy atom. The third kappa shape index (κ3) is 5.49. The lowest BCUT2D eigenvalue weighted by atomic mass is 9.87. The standard InChI is InChI=1S/C24H26F3N3O5S/c1-24(2,12-34-36(4)32)14-5-6-18-15(10-28-30(18)11-14)13-7-19(33-3)21(20(8-13)35-23(26)27)22(31)29-17-9-16(17)25/h5-8,10-11,16-17,23H,9,12H2,1-4H3,(H,29,31). The van der Waals surface area contributed by atoms with Crippen LogP contribution >= 0.6 is 0 Å².